The number of nitrogens with zero attached hydrogens (tertiary/aromatic N) is 1. The molecular formula is C15H26N2O. The van der Waals surface area contributed by atoms with Crippen LogP contribution in [0.5, 0.6) is 0 Å². The van der Waals surface area contributed by atoms with Gasteiger partial charge in [0.05, 0.1) is 0 Å². The molecule has 102 valence electrons. The van der Waals surface area contributed by atoms with Crippen LogP contribution in [0.1, 0.15) is 45.4 Å². The summed E-state index contributed by atoms with van der Waals surface area (Å²) in [5, 5.41) is 3.43. The molecule has 1 aliphatic heterocycles. The van der Waals surface area contributed by atoms with Gasteiger partial charge in [-0.05, 0) is 44.4 Å². The fourth-order valence-corrected chi connectivity index (χ4v) is 3.73. The summed E-state index contributed by atoms with van der Waals surface area (Å²) in [6, 6.07) is 0.464. The summed E-state index contributed by atoms with van der Waals surface area (Å²) in [5.41, 5.74) is 0. The highest BCUT2D eigenvalue weighted by molar-refractivity contribution is 5.80. The Kier molecular flexibility index (Phi) is 3.60. The predicted octanol–water partition coefficient (Wildman–Crippen LogP) is 2.02. The maximum atomic E-state index is 12.8. The molecule has 0 spiro atoms. The Morgan fingerprint density at radius 2 is 1.78 bits per heavy atom. The number of rotatable bonds is 3. The summed E-state index contributed by atoms with van der Waals surface area (Å²) >= 11 is 0. The fraction of sp³-hybridized carbons (Fsp3) is 0.933. The second-order valence-corrected chi connectivity index (χ2v) is 6.55. The van der Waals surface area contributed by atoms with Gasteiger partial charge in [-0.25, -0.2) is 0 Å². The van der Waals surface area contributed by atoms with Crippen LogP contribution in [0.2, 0.25) is 0 Å². The van der Waals surface area contributed by atoms with Crippen molar-refractivity contribution in [3.05, 3.63) is 0 Å². The van der Waals surface area contributed by atoms with Gasteiger partial charge in [-0.3, -0.25) is 4.79 Å². The minimum Gasteiger partial charge on any atom is -0.340 e. The van der Waals surface area contributed by atoms with E-state index in [1.807, 2.05) is 0 Å². The van der Waals surface area contributed by atoms with Crippen LogP contribution < -0.4 is 5.32 Å². The van der Waals surface area contributed by atoms with Crippen molar-refractivity contribution in [2.45, 2.75) is 51.5 Å². The Bertz CT molecular complexity index is 296. The topological polar surface area (TPSA) is 32.3 Å². The zero-order chi connectivity index (χ0) is 12.5. The van der Waals surface area contributed by atoms with E-state index in [2.05, 4.69) is 17.1 Å². The Morgan fingerprint density at radius 1 is 1.17 bits per heavy atom. The molecule has 1 saturated heterocycles. The molecule has 3 aliphatic rings. The lowest BCUT2D eigenvalue weighted by atomic mass is 9.64. The molecule has 0 aromatic heterocycles. The van der Waals surface area contributed by atoms with Crippen molar-refractivity contribution in [1.82, 2.24) is 10.2 Å². The van der Waals surface area contributed by atoms with Gasteiger partial charge in [-0.2, -0.15) is 0 Å². The first-order chi connectivity index (χ1) is 8.75. The van der Waals surface area contributed by atoms with E-state index < -0.39 is 0 Å². The summed E-state index contributed by atoms with van der Waals surface area (Å²) in [4.78, 5) is 15.0. The van der Waals surface area contributed by atoms with Crippen molar-refractivity contribution >= 4 is 5.91 Å². The zero-order valence-electron chi connectivity index (χ0n) is 11.5. The molecule has 1 N–H and O–H groups in total. The van der Waals surface area contributed by atoms with Gasteiger partial charge < -0.3 is 10.2 Å². The van der Waals surface area contributed by atoms with Gasteiger partial charge in [0.25, 0.3) is 0 Å². The lowest BCUT2D eigenvalue weighted by molar-refractivity contribution is -0.144. The third-order valence-corrected chi connectivity index (χ3v) is 5.28. The highest BCUT2D eigenvalue weighted by atomic mass is 16.2. The minimum atomic E-state index is 0.373. The molecule has 18 heavy (non-hydrogen) atoms. The van der Waals surface area contributed by atoms with Crippen molar-refractivity contribution in [2.24, 2.45) is 17.8 Å². The average molecular weight is 250 g/mol. The molecule has 0 bridgehead atoms. The molecule has 3 heteroatoms. The van der Waals surface area contributed by atoms with Crippen molar-refractivity contribution in [1.29, 1.82) is 0 Å². The van der Waals surface area contributed by atoms with Crippen molar-refractivity contribution in [3.8, 4) is 0 Å². The summed E-state index contributed by atoms with van der Waals surface area (Å²) in [5.74, 6) is 2.29. The maximum absolute atomic E-state index is 12.8. The third kappa shape index (κ3) is 2.29. The number of hydrogen-bond donors (Lipinski definition) is 1. The smallest absolute Gasteiger partial charge is 0.226 e. The van der Waals surface area contributed by atoms with E-state index in [-0.39, 0.29) is 0 Å². The summed E-state index contributed by atoms with van der Waals surface area (Å²) in [7, 11) is 0. The first kappa shape index (κ1) is 12.5. The number of carbonyl (C=O) groups excluding carboxylic acids is 1. The van der Waals surface area contributed by atoms with Crippen LogP contribution in [0.4, 0.5) is 0 Å². The quantitative estimate of drug-likeness (QED) is 0.831. The Hall–Kier alpha value is -0.570. The Morgan fingerprint density at radius 3 is 2.22 bits per heavy atom. The average Bonchev–Trinajstić information content (AvgIpc) is 2.22. The first-order valence-electron chi connectivity index (χ1n) is 7.78. The van der Waals surface area contributed by atoms with E-state index in [1.165, 1.54) is 38.5 Å². The number of carbonyl (C=O) groups is 1. The second-order valence-electron chi connectivity index (χ2n) is 6.55. The van der Waals surface area contributed by atoms with E-state index in [9.17, 15) is 4.79 Å². The van der Waals surface area contributed by atoms with Crippen LogP contribution in [0, 0.1) is 17.8 Å². The highest BCUT2D eigenvalue weighted by Crippen LogP contribution is 2.45. The molecule has 1 atom stereocenters. The molecule has 2 saturated carbocycles. The molecule has 3 rings (SSSR count). The van der Waals surface area contributed by atoms with Crippen molar-refractivity contribution in [2.75, 3.05) is 19.6 Å². The molecule has 0 aromatic rings. The van der Waals surface area contributed by atoms with Crippen molar-refractivity contribution in [3.63, 3.8) is 0 Å². The van der Waals surface area contributed by atoms with Crippen LogP contribution >= 0.6 is 0 Å². The predicted molar refractivity (Wildman–Crippen MR) is 72.2 cm³/mol. The molecule has 3 fully saturated rings. The van der Waals surface area contributed by atoms with Crippen LogP contribution in [-0.2, 0) is 4.79 Å². The highest BCUT2D eigenvalue weighted by Gasteiger charge is 2.42. The number of nitrogens with one attached hydrogen (secondary N) is 1. The van der Waals surface area contributed by atoms with Crippen LogP contribution in [0.25, 0.3) is 0 Å². The van der Waals surface area contributed by atoms with E-state index >= 15 is 0 Å². The number of piperazine rings is 1. The fourth-order valence-electron chi connectivity index (χ4n) is 3.73. The largest absolute Gasteiger partial charge is 0.340 e. The minimum absolute atomic E-state index is 0.373. The third-order valence-electron chi connectivity index (χ3n) is 5.28. The van der Waals surface area contributed by atoms with E-state index in [0.29, 0.717) is 29.7 Å². The monoisotopic (exact) mass is 250 g/mol. The lowest BCUT2D eigenvalue weighted by Gasteiger charge is -2.44. The molecule has 0 unspecified atom stereocenters. The van der Waals surface area contributed by atoms with Gasteiger partial charge in [0.1, 0.15) is 0 Å². The van der Waals surface area contributed by atoms with Crippen LogP contribution in [0.3, 0.4) is 0 Å². The SMILES string of the molecule is C[C@H]1CN(C(=O)C(C2CCC2)C2CCC2)CCN1. The normalized spacial score (nSPS) is 30.1. The molecule has 1 amide bonds. The van der Waals surface area contributed by atoms with Gasteiger partial charge in [0.2, 0.25) is 5.91 Å². The van der Waals surface area contributed by atoms with E-state index in [1.54, 1.807) is 0 Å². The molecule has 0 aromatic carbocycles. The molecule has 2 aliphatic carbocycles. The standard InChI is InChI=1S/C15H26N2O/c1-11-10-17(9-8-16-11)15(18)14(12-4-2-5-12)13-6-3-7-13/h11-14,16H,2-10H2,1H3/t11-/m0/s1. The lowest BCUT2D eigenvalue weighted by Crippen LogP contribution is -2.55. The van der Waals surface area contributed by atoms with Gasteiger partial charge in [-0.15, -0.1) is 0 Å². The zero-order valence-corrected chi connectivity index (χ0v) is 11.5. The maximum Gasteiger partial charge on any atom is 0.226 e. The van der Waals surface area contributed by atoms with E-state index in [0.717, 1.165) is 19.6 Å². The first-order valence-corrected chi connectivity index (χ1v) is 7.78. The van der Waals surface area contributed by atoms with Crippen LogP contribution in [-0.4, -0.2) is 36.5 Å². The van der Waals surface area contributed by atoms with Gasteiger partial charge in [0.15, 0.2) is 0 Å². The second kappa shape index (κ2) is 5.20. The van der Waals surface area contributed by atoms with Gasteiger partial charge in [-0.1, -0.05) is 12.8 Å². The number of hydrogen-bond acceptors (Lipinski definition) is 2. The van der Waals surface area contributed by atoms with Gasteiger partial charge in [0, 0.05) is 31.6 Å². The Labute approximate surface area is 110 Å². The summed E-state index contributed by atoms with van der Waals surface area (Å²) in [6.45, 7) is 4.98. The molecular weight excluding hydrogens is 224 g/mol. The molecule has 1 heterocycles. The summed E-state index contributed by atoms with van der Waals surface area (Å²) < 4.78 is 0. The number of amides is 1. The molecule has 0 radical (unpaired) electrons. The summed E-state index contributed by atoms with van der Waals surface area (Å²) in [6.07, 6.45) is 7.89. The van der Waals surface area contributed by atoms with Gasteiger partial charge >= 0.3 is 0 Å². The van der Waals surface area contributed by atoms with E-state index in [4.69, 9.17) is 0 Å². The Balaban J connectivity index is 1.66. The van der Waals surface area contributed by atoms with Crippen molar-refractivity contribution < 1.29 is 4.79 Å². The molecule has 3 nitrogen and oxygen atoms in total. The van der Waals surface area contributed by atoms with Crippen LogP contribution in [0.15, 0.2) is 0 Å².